The van der Waals surface area contributed by atoms with Crippen LogP contribution in [-0.4, -0.2) is 20.3 Å². The Balaban J connectivity index is 0. The molecule has 0 atom stereocenters. The summed E-state index contributed by atoms with van der Waals surface area (Å²) in [5.41, 5.74) is 0. The third kappa shape index (κ3) is 38.1. The minimum Gasteiger partial charge on any atom is -0.313 e. The van der Waals surface area contributed by atoms with Gasteiger partial charge in [0.25, 0.3) is 0 Å². The van der Waals surface area contributed by atoms with Crippen LogP contribution in [0, 0.1) is 0 Å². The second kappa shape index (κ2) is 5.94. The van der Waals surface area contributed by atoms with E-state index in [1.165, 1.54) is 0 Å². The number of hydrogen-bond donors (Lipinski definition) is 2. The molecule has 0 spiro atoms. The largest absolute Gasteiger partial charge is 0.419 e. The van der Waals surface area contributed by atoms with Gasteiger partial charge in [0.2, 0.25) is 0 Å². The average Bonchev–Trinajstić information content (AvgIpc) is 1.59. The van der Waals surface area contributed by atoms with Gasteiger partial charge in [-0.2, -0.15) is 0 Å². The van der Waals surface area contributed by atoms with Crippen molar-refractivity contribution in [2.24, 2.45) is 0 Å². The van der Waals surface area contributed by atoms with Gasteiger partial charge in [0.15, 0.2) is 0 Å². The van der Waals surface area contributed by atoms with E-state index in [-0.39, 0.29) is 0 Å². The van der Waals surface area contributed by atoms with E-state index in [4.69, 9.17) is 14.4 Å². The smallest absolute Gasteiger partial charge is 0.313 e. The maximum atomic E-state index is 9.43. The lowest BCUT2D eigenvalue weighted by atomic mass is 10.9. The summed E-state index contributed by atoms with van der Waals surface area (Å²) in [6.45, 7) is -4.17. The monoisotopic (exact) mass is 242 g/mol. The molecule has 0 saturated heterocycles. The van der Waals surface area contributed by atoms with Gasteiger partial charge in [-0.1, -0.05) is 0 Å². The van der Waals surface area contributed by atoms with Crippen LogP contribution >= 0.6 is 41.4 Å². The summed E-state index contributed by atoms with van der Waals surface area (Å²) in [5, 5.41) is -2.28. The summed E-state index contributed by atoms with van der Waals surface area (Å²) in [4.78, 5) is 33.6. The predicted molar refractivity (Wildman–Crippen MR) is 39.6 cm³/mol. The van der Waals surface area contributed by atoms with Crippen molar-refractivity contribution in [3.8, 4) is 0 Å². The van der Waals surface area contributed by atoms with Gasteiger partial charge in [-0.05, 0) is 23.2 Å². The number of carbonyl (C=O) groups is 2. The third-order valence-corrected chi connectivity index (χ3v) is 0.595. The van der Waals surface area contributed by atoms with E-state index in [1.54, 1.807) is 0 Å². The van der Waals surface area contributed by atoms with Gasteiger partial charge < -0.3 is 9.79 Å². The van der Waals surface area contributed by atoms with Crippen LogP contribution in [0.15, 0.2) is 0 Å². The fourth-order valence-electron chi connectivity index (χ4n) is 0. The van der Waals surface area contributed by atoms with Gasteiger partial charge in [-0.15, -0.1) is 0 Å². The molecule has 0 amide bonds. The van der Waals surface area contributed by atoms with Crippen LogP contribution in [0.5, 0.6) is 0 Å². The molecule has 9 heteroatoms. The van der Waals surface area contributed by atoms with Gasteiger partial charge in [0.1, 0.15) is 0 Å². The fourth-order valence-corrected chi connectivity index (χ4v) is 0. The van der Waals surface area contributed by atoms with Gasteiger partial charge >= 0.3 is 17.4 Å². The molecule has 11 heavy (non-hydrogen) atoms. The molecule has 0 radical (unpaired) electrons. The van der Waals surface area contributed by atoms with Crippen LogP contribution in [0.1, 0.15) is 0 Å². The topological polar surface area (TPSA) is 91.7 Å². The third-order valence-electron chi connectivity index (χ3n) is 0.155. The van der Waals surface area contributed by atoms with Crippen LogP contribution in [0.2, 0.25) is 0 Å². The molecule has 0 aliphatic carbocycles. The summed E-state index contributed by atoms with van der Waals surface area (Å²) in [5.74, 6) is 0. The summed E-state index contributed by atoms with van der Waals surface area (Å²) in [6.07, 6.45) is 0. The molecule has 0 unspecified atom stereocenters. The Hall–Kier alpha value is 0.360. The lowest BCUT2D eigenvalue weighted by molar-refractivity contribution is -0.127. The Bertz CT molecular complexity index is 176. The van der Waals surface area contributed by atoms with E-state index in [0.29, 0.717) is 0 Å². The van der Waals surface area contributed by atoms with Gasteiger partial charge in [-0.3, -0.25) is 9.59 Å². The van der Waals surface area contributed by atoms with E-state index >= 15 is 0 Å². The number of rotatable bonds is 1. The molecule has 0 saturated carbocycles. The van der Waals surface area contributed by atoms with Crippen LogP contribution in [0.25, 0.3) is 0 Å². The van der Waals surface area contributed by atoms with Gasteiger partial charge in [-0.25, -0.2) is 4.57 Å². The van der Waals surface area contributed by atoms with E-state index in [2.05, 4.69) is 34.4 Å². The lowest BCUT2D eigenvalue weighted by Crippen LogP contribution is -1.94. The van der Waals surface area contributed by atoms with Crippen LogP contribution in [0.3, 0.4) is 0 Å². The maximum absolute atomic E-state index is 9.43. The first-order valence-corrected chi connectivity index (χ1v) is 5.06. The van der Waals surface area contributed by atoms with E-state index in [9.17, 15) is 9.59 Å². The Labute approximate surface area is 76.2 Å². The van der Waals surface area contributed by atoms with Crippen molar-refractivity contribution in [3.63, 3.8) is 0 Å². The minimum atomic E-state index is -4.17. The molecule has 0 aliphatic heterocycles. The van der Waals surface area contributed by atoms with Gasteiger partial charge in [0.05, 0.1) is 0 Å². The van der Waals surface area contributed by atoms with E-state index in [1.807, 2.05) is 0 Å². The summed E-state index contributed by atoms with van der Waals surface area (Å²) >= 11 is 13.2. The summed E-state index contributed by atoms with van der Waals surface area (Å²) < 4.78 is 9.09. The Morgan fingerprint density at radius 1 is 1.09 bits per heavy atom. The van der Waals surface area contributed by atoms with Crippen molar-refractivity contribution in [1.29, 1.82) is 0 Å². The zero-order valence-electron chi connectivity index (χ0n) is 4.70. The normalized spacial score (nSPS) is 9.55. The molecule has 0 aliphatic rings. The van der Waals surface area contributed by atoms with Gasteiger partial charge in [0, 0.05) is 11.2 Å². The zero-order chi connectivity index (χ0) is 9.65. The molecule has 0 rings (SSSR count). The second-order valence-corrected chi connectivity index (χ2v) is 3.97. The van der Waals surface area contributed by atoms with Crippen LogP contribution in [0.4, 0.5) is 0 Å². The van der Waals surface area contributed by atoms with E-state index in [0.717, 1.165) is 0 Å². The first-order chi connectivity index (χ1) is 4.64. The molecule has 5 nitrogen and oxygen atoms in total. The molecule has 0 aromatic heterocycles. The fraction of sp³-hybridized carbons (Fsp3) is 0. The van der Waals surface area contributed by atoms with Crippen LogP contribution in [-0.2, 0) is 14.2 Å². The first kappa shape index (κ1) is 13.9. The minimum absolute atomic E-state index is 1.14. The number of hydrogen-bond acceptors (Lipinski definition) is 3. The highest BCUT2D eigenvalue weighted by Crippen LogP contribution is 2.39. The summed E-state index contributed by atoms with van der Waals surface area (Å²) in [6, 6.07) is 0. The quantitative estimate of drug-likeness (QED) is 0.404. The van der Waals surface area contributed by atoms with Crippen molar-refractivity contribution in [1.82, 2.24) is 0 Å². The molecule has 0 bridgehead atoms. The molecular formula is C2H2Cl3O5P. The predicted octanol–water partition coefficient (Wildman–Crippen LogP) is 0.835. The molecule has 0 aromatic rings. The maximum Gasteiger partial charge on any atom is 0.419 e. The Morgan fingerprint density at radius 3 is 1.18 bits per heavy atom. The highest BCUT2D eigenvalue weighted by molar-refractivity contribution is 7.79. The van der Waals surface area contributed by atoms with Crippen molar-refractivity contribution >= 4 is 51.9 Å². The highest BCUT2D eigenvalue weighted by atomic mass is 35.7. The van der Waals surface area contributed by atoms with Crippen molar-refractivity contribution in [2.75, 3.05) is 0 Å². The number of halogens is 3. The highest BCUT2D eigenvalue weighted by Gasteiger charge is 2.02. The molecule has 0 fully saturated rings. The SMILES string of the molecule is O=C(Cl)C(=O)Cl.O=P(O)(O)Cl. The van der Waals surface area contributed by atoms with Crippen molar-refractivity contribution in [3.05, 3.63) is 0 Å². The average molecular weight is 243 g/mol. The second-order valence-electron chi connectivity index (χ2n) is 1.02. The molecule has 66 valence electrons. The Morgan fingerprint density at radius 2 is 1.18 bits per heavy atom. The molecule has 2 N–H and O–H groups in total. The number of carbonyl (C=O) groups excluding carboxylic acids is 2. The van der Waals surface area contributed by atoms with Crippen molar-refractivity contribution < 1.29 is 23.9 Å². The molecule has 0 aromatic carbocycles. The summed E-state index contributed by atoms with van der Waals surface area (Å²) in [7, 11) is 0. The first-order valence-electron chi connectivity index (χ1n) is 1.79. The zero-order valence-corrected chi connectivity index (χ0v) is 7.86. The molecular weight excluding hydrogens is 241 g/mol. The standard InChI is InChI=1S/C2Cl2O2.ClH2O3P/c3-1(5)2(4)6;1-5(2,3)4/h;(H2,2,3,4). The van der Waals surface area contributed by atoms with Crippen molar-refractivity contribution in [2.45, 2.75) is 0 Å². The lowest BCUT2D eigenvalue weighted by Gasteiger charge is -1.80. The Kier molecular flexibility index (Phi) is 7.52. The molecule has 0 heterocycles. The van der Waals surface area contributed by atoms with Crippen LogP contribution < -0.4 is 0 Å². The van der Waals surface area contributed by atoms with E-state index < -0.39 is 17.4 Å².